The molecule has 0 N–H and O–H groups in total. The molecule has 0 amide bonds. The van der Waals surface area contributed by atoms with Crippen molar-refractivity contribution >= 4 is 22.2 Å². The molecule has 1 heterocycles. The molecular formula is C9H8N2O3S. The first-order chi connectivity index (χ1) is 7.16. The highest BCUT2D eigenvalue weighted by atomic mass is 32.2. The predicted octanol–water partition coefficient (Wildman–Crippen LogP) is 1.59. The van der Waals surface area contributed by atoms with Crippen LogP contribution in [0.25, 0.3) is 0 Å². The van der Waals surface area contributed by atoms with E-state index in [4.69, 9.17) is 0 Å². The summed E-state index contributed by atoms with van der Waals surface area (Å²) in [5.74, 6) is 0.414. The monoisotopic (exact) mass is 224 g/mol. The summed E-state index contributed by atoms with van der Waals surface area (Å²) in [6, 6.07) is 6.16. The lowest BCUT2D eigenvalue weighted by Gasteiger charge is -2.13. The Morgan fingerprint density at radius 3 is 2.47 bits per heavy atom. The van der Waals surface area contributed by atoms with E-state index in [9.17, 15) is 14.3 Å². The van der Waals surface area contributed by atoms with E-state index in [2.05, 4.69) is 0 Å². The Bertz CT molecular complexity index is 441. The Hall–Kier alpha value is -1.69. The minimum absolute atomic E-state index is 0.0584. The Balaban J connectivity index is 2.21. The molecule has 0 aromatic heterocycles. The lowest BCUT2D eigenvalue weighted by atomic mass is 10.3. The number of nitro benzene ring substituents is 1. The van der Waals surface area contributed by atoms with E-state index in [-0.39, 0.29) is 5.69 Å². The van der Waals surface area contributed by atoms with Gasteiger partial charge in [0.1, 0.15) is 5.88 Å². The minimum atomic E-state index is -0.956. The first kappa shape index (κ1) is 9.85. The molecule has 1 aromatic carbocycles. The normalized spacial score (nSPS) is 19.5. The van der Waals surface area contributed by atoms with Gasteiger partial charge in [-0.1, -0.05) is 0 Å². The topological polar surface area (TPSA) is 63.5 Å². The largest absolute Gasteiger partial charge is 0.335 e. The number of nitro groups is 1. The van der Waals surface area contributed by atoms with Gasteiger partial charge in [-0.15, -0.1) is 0 Å². The average Bonchev–Trinajstić information content (AvgIpc) is 2.65. The number of non-ortho nitro benzene ring substituents is 1. The molecular weight excluding hydrogens is 216 g/mol. The van der Waals surface area contributed by atoms with E-state index < -0.39 is 15.7 Å². The minimum Gasteiger partial charge on any atom is -0.335 e. The van der Waals surface area contributed by atoms with Crippen molar-refractivity contribution in [2.45, 2.75) is 0 Å². The van der Waals surface area contributed by atoms with E-state index in [0.29, 0.717) is 5.88 Å². The third-order valence-electron chi connectivity index (χ3n) is 2.05. The van der Waals surface area contributed by atoms with Crippen molar-refractivity contribution in [2.75, 3.05) is 10.8 Å². The number of hydrogen-bond donors (Lipinski definition) is 0. The van der Waals surface area contributed by atoms with Crippen LogP contribution < -0.4 is 4.90 Å². The third kappa shape index (κ3) is 2.04. The van der Waals surface area contributed by atoms with Crippen molar-refractivity contribution in [1.82, 2.24) is 0 Å². The van der Waals surface area contributed by atoms with E-state index in [1.807, 2.05) is 0 Å². The SMILES string of the molecule is O=[N+]([O-])c1ccc(N2C=CS(=O)C2)cc1. The summed E-state index contributed by atoms with van der Waals surface area (Å²) >= 11 is 0. The highest BCUT2D eigenvalue weighted by Crippen LogP contribution is 2.22. The highest BCUT2D eigenvalue weighted by Gasteiger charge is 2.13. The second-order valence-corrected chi connectivity index (χ2v) is 4.33. The number of rotatable bonds is 2. The van der Waals surface area contributed by atoms with Gasteiger partial charge in [-0.2, -0.15) is 0 Å². The molecule has 0 radical (unpaired) electrons. The maximum absolute atomic E-state index is 11.1. The fourth-order valence-electron chi connectivity index (χ4n) is 1.29. The molecule has 1 aliphatic rings. The van der Waals surface area contributed by atoms with E-state index >= 15 is 0 Å². The number of hydrogen-bond acceptors (Lipinski definition) is 4. The van der Waals surface area contributed by atoms with Crippen LogP contribution in [-0.2, 0) is 10.8 Å². The van der Waals surface area contributed by atoms with Crippen molar-refractivity contribution in [3.8, 4) is 0 Å². The number of anilines is 1. The van der Waals surface area contributed by atoms with Gasteiger partial charge in [0, 0.05) is 29.4 Å². The molecule has 1 unspecified atom stereocenters. The van der Waals surface area contributed by atoms with Gasteiger partial charge in [0.05, 0.1) is 15.7 Å². The van der Waals surface area contributed by atoms with Crippen LogP contribution in [0.3, 0.4) is 0 Å². The van der Waals surface area contributed by atoms with Gasteiger partial charge in [0.2, 0.25) is 0 Å². The van der Waals surface area contributed by atoms with Crippen LogP contribution in [0.4, 0.5) is 11.4 Å². The van der Waals surface area contributed by atoms with Crippen molar-refractivity contribution in [1.29, 1.82) is 0 Å². The van der Waals surface area contributed by atoms with E-state index in [1.165, 1.54) is 12.1 Å². The molecule has 0 aliphatic carbocycles. The molecule has 2 rings (SSSR count). The summed E-state index contributed by atoms with van der Waals surface area (Å²) in [5, 5.41) is 12.0. The van der Waals surface area contributed by atoms with Crippen LogP contribution >= 0.6 is 0 Å². The van der Waals surface area contributed by atoms with E-state index in [0.717, 1.165) is 5.69 Å². The van der Waals surface area contributed by atoms with Crippen molar-refractivity contribution in [3.05, 3.63) is 46.0 Å². The molecule has 1 aliphatic heterocycles. The summed E-state index contributed by atoms with van der Waals surface area (Å²) in [7, 11) is -0.956. The van der Waals surface area contributed by atoms with E-state index in [1.54, 1.807) is 28.6 Å². The molecule has 0 spiro atoms. The summed E-state index contributed by atoms with van der Waals surface area (Å²) in [6.45, 7) is 0. The van der Waals surface area contributed by atoms with Crippen LogP contribution in [0.2, 0.25) is 0 Å². The van der Waals surface area contributed by atoms with Gasteiger partial charge in [0.15, 0.2) is 0 Å². The Labute approximate surface area is 88.6 Å². The fourth-order valence-corrected chi connectivity index (χ4v) is 2.17. The first-order valence-electron chi connectivity index (χ1n) is 4.23. The molecule has 6 heteroatoms. The fraction of sp³-hybridized carbons (Fsp3) is 0.111. The van der Waals surface area contributed by atoms with Crippen LogP contribution in [0.1, 0.15) is 0 Å². The second-order valence-electron chi connectivity index (χ2n) is 3.04. The zero-order chi connectivity index (χ0) is 10.8. The molecule has 0 saturated carbocycles. The van der Waals surface area contributed by atoms with Crippen LogP contribution in [0, 0.1) is 10.1 Å². The Kier molecular flexibility index (Phi) is 2.51. The third-order valence-corrected chi connectivity index (χ3v) is 3.01. The van der Waals surface area contributed by atoms with Gasteiger partial charge >= 0.3 is 0 Å². The van der Waals surface area contributed by atoms with Crippen LogP contribution in [0.5, 0.6) is 0 Å². The van der Waals surface area contributed by atoms with Crippen molar-refractivity contribution in [2.24, 2.45) is 0 Å². The molecule has 0 saturated heterocycles. The first-order valence-corrected chi connectivity index (χ1v) is 5.61. The summed E-state index contributed by atoms with van der Waals surface area (Å²) < 4.78 is 11.1. The quantitative estimate of drug-likeness (QED) is 0.565. The molecule has 1 atom stereocenters. The van der Waals surface area contributed by atoms with Gasteiger partial charge in [-0.05, 0) is 12.1 Å². The van der Waals surface area contributed by atoms with Gasteiger partial charge in [0.25, 0.3) is 5.69 Å². The Morgan fingerprint density at radius 1 is 1.33 bits per heavy atom. The van der Waals surface area contributed by atoms with Crippen molar-refractivity contribution < 1.29 is 9.13 Å². The second kappa shape index (κ2) is 3.82. The van der Waals surface area contributed by atoms with Crippen molar-refractivity contribution in [3.63, 3.8) is 0 Å². The summed E-state index contributed by atoms with van der Waals surface area (Å²) in [4.78, 5) is 11.8. The Morgan fingerprint density at radius 2 is 2.00 bits per heavy atom. The van der Waals surface area contributed by atoms with Crippen LogP contribution in [0.15, 0.2) is 35.9 Å². The molecule has 5 nitrogen and oxygen atoms in total. The molecule has 1 aromatic rings. The molecule has 15 heavy (non-hydrogen) atoms. The van der Waals surface area contributed by atoms with Gasteiger partial charge < -0.3 is 4.90 Å². The zero-order valence-corrected chi connectivity index (χ0v) is 8.52. The maximum atomic E-state index is 11.1. The molecule has 0 bridgehead atoms. The molecule has 0 fully saturated rings. The zero-order valence-electron chi connectivity index (χ0n) is 7.70. The van der Waals surface area contributed by atoms with Gasteiger partial charge in [-0.25, -0.2) is 0 Å². The smallest absolute Gasteiger partial charge is 0.269 e. The maximum Gasteiger partial charge on any atom is 0.269 e. The lowest BCUT2D eigenvalue weighted by molar-refractivity contribution is -0.384. The summed E-state index contributed by atoms with van der Waals surface area (Å²) in [5.41, 5.74) is 0.866. The average molecular weight is 224 g/mol. The number of benzene rings is 1. The number of nitrogens with zero attached hydrogens (tertiary/aromatic N) is 2. The lowest BCUT2D eigenvalue weighted by Crippen LogP contribution is -2.14. The van der Waals surface area contributed by atoms with Gasteiger partial charge in [-0.3, -0.25) is 14.3 Å². The highest BCUT2D eigenvalue weighted by molar-refractivity contribution is 7.88. The molecule has 78 valence electrons. The summed E-state index contributed by atoms with van der Waals surface area (Å²) in [6.07, 6.45) is 1.72. The van der Waals surface area contributed by atoms with Crippen LogP contribution in [-0.4, -0.2) is 15.0 Å². The standard InChI is InChI=1S/C9H8N2O3S/c12-11(13)9-3-1-8(2-4-9)10-5-6-15(14)7-10/h1-6H,7H2. The predicted molar refractivity (Wildman–Crippen MR) is 57.7 cm³/mol.